The van der Waals surface area contributed by atoms with Crippen molar-refractivity contribution in [1.82, 2.24) is 15.1 Å². The third kappa shape index (κ3) is 3.09. The summed E-state index contributed by atoms with van der Waals surface area (Å²) in [5, 5.41) is 17.9. The van der Waals surface area contributed by atoms with Crippen LogP contribution in [0.25, 0.3) is 0 Å². The van der Waals surface area contributed by atoms with Gasteiger partial charge in [-0.2, -0.15) is 0 Å². The van der Waals surface area contributed by atoms with Crippen LogP contribution in [0.3, 0.4) is 0 Å². The van der Waals surface area contributed by atoms with E-state index in [-0.39, 0.29) is 22.4 Å². The van der Waals surface area contributed by atoms with E-state index in [0.717, 1.165) is 11.3 Å². The number of ether oxygens (including phenoxy) is 1. The number of thiophene rings is 1. The maximum absolute atomic E-state index is 11.6. The monoisotopic (exact) mass is 293 g/mol. The van der Waals surface area contributed by atoms with E-state index >= 15 is 0 Å². The van der Waals surface area contributed by atoms with E-state index in [2.05, 4.69) is 10.2 Å². The zero-order valence-corrected chi connectivity index (χ0v) is 11.5. The molecule has 2 aromatic heterocycles. The minimum atomic E-state index is -1.01. The first-order chi connectivity index (χ1) is 9.47. The second kappa shape index (κ2) is 5.66. The number of aromatic nitrogens is 2. The van der Waals surface area contributed by atoms with Gasteiger partial charge in [-0.1, -0.05) is 0 Å². The fraction of sp³-hybridized carbons (Fsp3) is 0.167. The maximum Gasteiger partial charge on any atom is 0.346 e. The zero-order valence-electron chi connectivity index (χ0n) is 10.7. The Kier molecular flexibility index (Phi) is 3.94. The molecule has 0 saturated heterocycles. The predicted octanol–water partition coefficient (Wildman–Crippen LogP) is 1.73. The van der Waals surface area contributed by atoms with Crippen molar-refractivity contribution in [3.63, 3.8) is 0 Å². The Balaban J connectivity index is 2.10. The molecular weight excluding hydrogens is 282 g/mol. The lowest BCUT2D eigenvalue weighted by Crippen LogP contribution is -2.23. The number of carboxylic acid groups (broad SMARTS) is 1. The molecule has 20 heavy (non-hydrogen) atoms. The Morgan fingerprint density at radius 2 is 2.05 bits per heavy atom. The third-order valence-electron chi connectivity index (χ3n) is 2.27. The van der Waals surface area contributed by atoms with Gasteiger partial charge >= 0.3 is 5.97 Å². The Morgan fingerprint density at radius 3 is 2.55 bits per heavy atom. The van der Waals surface area contributed by atoms with Crippen LogP contribution < -0.4 is 4.74 Å². The highest BCUT2D eigenvalue weighted by molar-refractivity contribution is 7.12. The molecule has 7 nitrogen and oxygen atoms in total. The van der Waals surface area contributed by atoms with Crippen molar-refractivity contribution in [3.8, 4) is 11.6 Å². The summed E-state index contributed by atoms with van der Waals surface area (Å²) in [6.07, 6.45) is 0. The van der Waals surface area contributed by atoms with Crippen LogP contribution in [-0.4, -0.2) is 46.2 Å². The van der Waals surface area contributed by atoms with Crippen molar-refractivity contribution in [2.45, 2.75) is 0 Å². The van der Waals surface area contributed by atoms with Crippen LogP contribution in [0.15, 0.2) is 23.6 Å². The number of aromatic carboxylic acids is 1. The predicted molar refractivity (Wildman–Crippen MR) is 71.4 cm³/mol. The molecular formula is C12H11N3O4S. The molecule has 2 rings (SSSR count). The molecule has 0 aliphatic carbocycles. The van der Waals surface area contributed by atoms with Gasteiger partial charge in [0.25, 0.3) is 5.91 Å². The number of carbonyl (C=O) groups is 2. The molecule has 0 bridgehead atoms. The van der Waals surface area contributed by atoms with Crippen molar-refractivity contribution in [1.29, 1.82) is 0 Å². The molecule has 104 valence electrons. The molecule has 0 fully saturated rings. The topological polar surface area (TPSA) is 92.6 Å². The fourth-order valence-corrected chi connectivity index (χ4v) is 1.97. The molecule has 8 heteroatoms. The molecule has 2 aromatic rings. The van der Waals surface area contributed by atoms with Crippen molar-refractivity contribution in [2.24, 2.45) is 0 Å². The quantitative estimate of drug-likeness (QED) is 0.922. The summed E-state index contributed by atoms with van der Waals surface area (Å²) in [7, 11) is 3.24. The lowest BCUT2D eigenvalue weighted by Gasteiger charge is -2.08. The molecule has 0 aromatic carbocycles. The van der Waals surface area contributed by atoms with Gasteiger partial charge in [-0.3, -0.25) is 4.79 Å². The van der Waals surface area contributed by atoms with Gasteiger partial charge in [0.05, 0.1) is 0 Å². The van der Waals surface area contributed by atoms with Crippen molar-refractivity contribution in [2.75, 3.05) is 14.1 Å². The first kappa shape index (κ1) is 13.9. The fourth-order valence-electron chi connectivity index (χ4n) is 1.32. The Morgan fingerprint density at radius 1 is 1.30 bits per heavy atom. The SMILES string of the molecule is CN(C)C(=O)c1ccc(Oc2csc(C(=O)O)c2)nn1. The van der Waals surface area contributed by atoms with Gasteiger partial charge in [-0.25, -0.2) is 4.79 Å². The Labute approximate surface area is 118 Å². The van der Waals surface area contributed by atoms with E-state index in [4.69, 9.17) is 9.84 Å². The normalized spacial score (nSPS) is 10.1. The van der Waals surface area contributed by atoms with Crippen LogP contribution in [0.4, 0.5) is 0 Å². The molecule has 0 unspecified atom stereocenters. The number of rotatable bonds is 4. The maximum atomic E-state index is 11.6. The molecule has 0 atom stereocenters. The van der Waals surface area contributed by atoms with E-state index in [1.54, 1.807) is 19.5 Å². The van der Waals surface area contributed by atoms with Crippen molar-refractivity contribution < 1.29 is 19.4 Å². The van der Waals surface area contributed by atoms with E-state index in [1.165, 1.54) is 23.1 Å². The summed E-state index contributed by atoms with van der Waals surface area (Å²) in [5.41, 5.74) is 0.207. The number of carboxylic acids is 1. The molecule has 0 saturated carbocycles. The Hall–Kier alpha value is -2.48. The van der Waals surface area contributed by atoms with Gasteiger partial charge in [0.15, 0.2) is 5.69 Å². The number of carbonyl (C=O) groups excluding carboxylic acids is 1. The summed E-state index contributed by atoms with van der Waals surface area (Å²) < 4.78 is 5.35. The molecule has 0 aliphatic rings. The molecule has 0 aliphatic heterocycles. The summed E-state index contributed by atoms with van der Waals surface area (Å²) in [6, 6.07) is 4.39. The molecule has 1 amide bonds. The minimum Gasteiger partial charge on any atom is -0.477 e. The van der Waals surface area contributed by atoms with E-state index in [1.807, 2.05) is 0 Å². The highest BCUT2D eigenvalue weighted by Gasteiger charge is 2.12. The summed E-state index contributed by atoms with van der Waals surface area (Å²) in [4.78, 5) is 23.9. The van der Waals surface area contributed by atoms with Gasteiger partial charge in [0, 0.05) is 31.6 Å². The molecule has 0 radical (unpaired) electrons. The van der Waals surface area contributed by atoms with Crippen LogP contribution in [0, 0.1) is 0 Å². The first-order valence-electron chi connectivity index (χ1n) is 5.52. The third-order valence-corrected chi connectivity index (χ3v) is 3.17. The van der Waals surface area contributed by atoms with Gasteiger partial charge in [-0.05, 0) is 6.07 Å². The number of nitrogens with zero attached hydrogens (tertiary/aromatic N) is 3. The summed E-state index contributed by atoms with van der Waals surface area (Å²) >= 11 is 1.06. The Bertz CT molecular complexity index is 636. The highest BCUT2D eigenvalue weighted by Crippen LogP contribution is 2.25. The standard InChI is InChI=1S/C12H11N3O4S/c1-15(2)11(16)8-3-4-10(14-13-8)19-7-5-9(12(17)18)20-6-7/h3-6H,1-2H3,(H,17,18). The zero-order chi connectivity index (χ0) is 14.7. The van der Waals surface area contributed by atoms with Gasteiger partial charge < -0.3 is 14.7 Å². The van der Waals surface area contributed by atoms with Crippen LogP contribution in [0.1, 0.15) is 20.2 Å². The highest BCUT2D eigenvalue weighted by atomic mass is 32.1. The van der Waals surface area contributed by atoms with Crippen molar-refractivity contribution >= 4 is 23.2 Å². The van der Waals surface area contributed by atoms with Crippen LogP contribution >= 0.6 is 11.3 Å². The largest absolute Gasteiger partial charge is 0.477 e. The smallest absolute Gasteiger partial charge is 0.346 e. The first-order valence-corrected chi connectivity index (χ1v) is 6.40. The lowest BCUT2D eigenvalue weighted by molar-refractivity contribution is 0.0701. The molecule has 0 spiro atoms. The van der Waals surface area contributed by atoms with Gasteiger partial charge in [0.1, 0.15) is 10.6 Å². The minimum absolute atomic E-state index is 0.173. The number of amides is 1. The second-order valence-corrected chi connectivity index (χ2v) is 4.92. The lowest BCUT2D eigenvalue weighted by atomic mass is 10.3. The van der Waals surface area contributed by atoms with Crippen LogP contribution in [-0.2, 0) is 0 Å². The van der Waals surface area contributed by atoms with Crippen LogP contribution in [0.2, 0.25) is 0 Å². The molecule has 2 heterocycles. The second-order valence-electron chi connectivity index (χ2n) is 4.01. The molecule has 1 N–H and O–H groups in total. The van der Waals surface area contributed by atoms with Gasteiger partial charge in [0.2, 0.25) is 5.88 Å². The van der Waals surface area contributed by atoms with E-state index in [9.17, 15) is 9.59 Å². The van der Waals surface area contributed by atoms with E-state index < -0.39 is 5.97 Å². The van der Waals surface area contributed by atoms with Crippen LogP contribution in [0.5, 0.6) is 11.6 Å². The summed E-state index contributed by atoms with van der Waals surface area (Å²) in [5.74, 6) is -0.709. The number of hydrogen-bond donors (Lipinski definition) is 1. The average molecular weight is 293 g/mol. The van der Waals surface area contributed by atoms with Gasteiger partial charge in [-0.15, -0.1) is 21.5 Å². The number of hydrogen-bond acceptors (Lipinski definition) is 6. The van der Waals surface area contributed by atoms with Crippen molar-refractivity contribution in [3.05, 3.63) is 34.2 Å². The summed E-state index contributed by atoms with van der Waals surface area (Å²) in [6.45, 7) is 0. The van der Waals surface area contributed by atoms with E-state index in [0.29, 0.717) is 5.75 Å². The average Bonchev–Trinajstić information content (AvgIpc) is 2.87.